The van der Waals surface area contributed by atoms with E-state index in [2.05, 4.69) is 4.98 Å². The number of nitrogens with zero attached hydrogens (tertiary/aromatic N) is 2. The Balaban J connectivity index is 2.89. The summed E-state index contributed by atoms with van der Waals surface area (Å²) in [7, 11) is 1.78. The minimum Gasteiger partial charge on any atom is -0.326 e. The van der Waals surface area contributed by atoms with Crippen molar-refractivity contribution in [1.82, 2.24) is 9.55 Å². The molecule has 0 saturated carbocycles. The minimum atomic E-state index is 0.0344. The van der Waals surface area contributed by atoms with Crippen molar-refractivity contribution in [1.29, 1.82) is 0 Å². The van der Waals surface area contributed by atoms with Gasteiger partial charge in [-0.1, -0.05) is 13.8 Å². The summed E-state index contributed by atoms with van der Waals surface area (Å²) in [5, 5.41) is 0.724. The van der Waals surface area contributed by atoms with Crippen LogP contribution in [0.1, 0.15) is 36.0 Å². The first-order valence-electron chi connectivity index (χ1n) is 5.66. The van der Waals surface area contributed by atoms with Crippen molar-refractivity contribution in [2.24, 2.45) is 12.8 Å². The largest absolute Gasteiger partial charge is 0.326 e. The van der Waals surface area contributed by atoms with E-state index in [4.69, 9.17) is 5.73 Å². The number of hydrogen-bond acceptors (Lipinski definition) is 4. The molecule has 2 N–H and O–H groups in total. The molecule has 0 saturated heterocycles. The Hall–Kier alpha value is -1.20. The lowest BCUT2D eigenvalue weighted by atomic mass is 10.1. The fourth-order valence-corrected chi connectivity index (χ4v) is 3.09. The minimum absolute atomic E-state index is 0.0344. The van der Waals surface area contributed by atoms with Crippen LogP contribution in [-0.2, 0) is 13.6 Å². The van der Waals surface area contributed by atoms with E-state index >= 15 is 0 Å². The van der Waals surface area contributed by atoms with E-state index in [1.165, 1.54) is 11.3 Å². The van der Waals surface area contributed by atoms with Crippen LogP contribution in [0.5, 0.6) is 0 Å². The van der Waals surface area contributed by atoms with Crippen LogP contribution in [0.15, 0.2) is 4.79 Å². The van der Waals surface area contributed by atoms with Crippen molar-refractivity contribution in [3.8, 4) is 0 Å². The predicted molar refractivity (Wildman–Crippen MR) is 71.6 cm³/mol. The molecule has 4 nitrogen and oxygen atoms in total. The number of fused-ring (bicyclic) bond motifs is 1. The van der Waals surface area contributed by atoms with Crippen LogP contribution in [0.4, 0.5) is 0 Å². The van der Waals surface area contributed by atoms with Crippen molar-refractivity contribution in [3.63, 3.8) is 0 Å². The fourth-order valence-electron chi connectivity index (χ4n) is 2.04. The van der Waals surface area contributed by atoms with E-state index in [1.807, 2.05) is 20.8 Å². The van der Waals surface area contributed by atoms with Crippen LogP contribution >= 0.6 is 11.3 Å². The Labute approximate surface area is 104 Å². The zero-order chi connectivity index (χ0) is 12.7. The second kappa shape index (κ2) is 4.23. The second-order valence-corrected chi connectivity index (χ2v) is 5.61. The van der Waals surface area contributed by atoms with Gasteiger partial charge in [-0.2, -0.15) is 0 Å². The SMILES string of the molecule is Cc1c(CN)sc2nc(C(C)C)n(C)c(=O)c12. The molecule has 0 aliphatic rings. The van der Waals surface area contributed by atoms with Gasteiger partial charge < -0.3 is 5.73 Å². The number of aromatic nitrogens is 2. The van der Waals surface area contributed by atoms with Crippen LogP contribution < -0.4 is 11.3 Å². The fraction of sp³-hybridized carbons (Fsp3) is 0.500. The number of nitrogens with two attached hydrogens (primary N) is 1. The maximum absolute atomic E-state index is 12.3. The van der Waals surface area contributed by atoms with Gasteiger partial charge in [-0.15, -0.1) is 11.3 Å². The van der Waals surface area contributed by atoms with E-state index in [1.54, 1.807) is 11.6 Å². The smallest absolute Gasteiger partial charge is 0.262 e. The van der Waals surface area contributed by atoms with E-state index in [0.717, 1.165) is 26.5 Å². The molecule has 0 aromatic carbocycles. The molecule has 92 valence electrons. The molecular formula is C12H17N3OS. The molecule has 2 rings (SSSR count). The van der Waals surface area contributed by atoms with Gasteiger partial charge in [0.05, 0.1) is 5.39 Å². The molecule has 2 heterocycles. The Morgan fingerprint density at radius 3 is 2.65 bits per heavy atom. The standard InChI is InChI=1S/C12H17N3OS/c1-6(2)10-14-11-9(12(16)15(10)4)7(3)8(5-13)17-11/h6H,5,13H2,1-4H3. The average Bonchev–Trinajstić information content (AvgIpc) is 2.60. The maximum atomic E-state index is 12.3. The summed E-state index contributed by atoms with van der Waals surface area (Å²) in [5.74, 6) is 1.06. The van der Waals surface area contributed by atoms with Gasteiger partial charge in [0, 0.05) is 24.4 Å². The highest BCUT2D eigenvalue weighted by Crippen LogP contribution is 2.27. The molecule has 2 aromatic rings. The average molecular weight is 251 g/mol. The third-order valence-corrected chi connectivity index (χ3v) is 4.22. The summed E-state index contributed by atoms with van der Waals surface area (Å²) >= 11 is 1.53. The molecule has 0 unspecified atom stereocenters. The Morgan fingerprint density at radius 1 is 1.47 bits per heavy atom. The predicted octanol–water partition coefficient (Wildman–Crippen LogP) is 1.89. The Morgan fingerprint density at radius 2 is 2.12 bits per heavy atom. The van der Waals surface area contributed by atoms with Crippen LogP contribution in [0.2, 0.25) is 0 Å². The number of aryl methyl sites for hydroxylation is 1. The van der Waals surface area contributed by atoms with Gasteiger partial charge in [0.15, 0.2) is 0 Å². The number of rotatable bonds is 2. The normalized spacial score (nSPS) is 11.6. The highest BCUT2D eigenvalue weighted by atomic mass is 32.1. The van der Waals surface area contributed by atoms with E-state index in [0.29, 0.717) is 6.54 Å². The highest BCUT2D eigenvalue weighted by molar-refractivity contribution is 7.18. The molecule has 0 aliphatic heterocycles. The molecule has 0 bridgehead atoms. The van der Waals surface area contributed by atoms with Crippen molar-refractivity contribution < 1.29 is 0 Å². The highest BCUT2D eigenvalue weighted by Gasteiger charge is 2.16. The zero-order valence-corrected chi connectivity index (χ0v) is 11.4. The summed E-state index contributed by atoms with van der Waals surface area (Å²) in [5.41, 5.74) is 6.69. The molecular weight excluding hydrogens is 234 g/mol. The lowest BCUT2D eigenvalue weighted by molar-refractivity contribution is 0.677. The molecule has 17 heavy (non-hydrogen) atoms. The first-order chi connectivity index (χ1) is 7.97. The number of hydrogen-bond donors (Lipinski definition) is 1. The van der Waals surface area contributed by atoms with E-state index < -0.39 is 0 Å². The van der Waals surface area contributed by atoms with Crippen LogP contribution in [0.25, 0.3) is 10.2 Å². The topological polar surface area (TPSA) is 60.9 Å². The molecule has 0 atom stereocenters. The van der Waals surface area contributed by atoms with Gasteiger partial charge in [0.2, 0.25) is 0 Å². The molecule has 0 aliphatic carbocycles. The molecule has 2 aromatic heterocycles. The summed E-state index contributed by atoms with van der Waals surface area (Å²) < 4.78 is 1.65. The summed E-state index contributed by atoms with van der Waals surface area (Å²) in [6.07, 6.45) is 0. The van der Waals surface area contributed by atoms with Crippen molar-refractivity contribution in [2.75, 3.05) is 0 Å². The van der Waals surface area contributed by atoms with Crippen LogP contribution in [-0.4, -0.2) is 9.55 Å². The van der Waals surface area contributed by atoms with Gasteiger partial charge >= 0.3 is 0 Å². The monoisotopic (exact) mass is 251 g/mol. The van der Waals surface area contributed by atoms with Crippen LogP contribution in [0, 0.1) is 6.92 Å². The van der Waals surface area contributed by atoms with E-state index in [9.17, 15) is 4.79 Å². The van der Waals surface area contributed by atoms with Gasteiger partial charge in [0.1, 0.15) is 10.7 Å². The third kappa shape index (κ3) is 1.79. The Kier molecular flexibility index (Phi) is 3.05. The first-order valence-corrected chi connectivity index (χ1v) is 6.48. The van der Waals surface area contributed by atoms with Crippen molar-refractivity contribution in [2.45, 2.75) is 33.2 Å². The van der Waals surface area contributed by atoms with Gasteiger partial charge in [-0.3, -0.25) is 9.36 Å². The number of thiophene rings is 1. The molecule has 0 fully saturated rings. The van der Waals surface area contributed by atoms with Crippen molar-refractivity contribution >= 4 is 21.6 Å². The lowest BCUT2D eigenvalue weighted by Gasteiger charge is -2.10. The van der Waals surface area contributed by atoms with Crippen LogP contribution in [0.3, 0.4) is 0 Å². The summed E-state index contributed by atoms with van der Waals surface area (Å²) in [6.45, 7) is 6.49. The van der Waals surface area contributed by atoms with E-state index in [-0.39, 0.29) is 11.5 Å². The molecule has 0 spiro atoms. The molecule has 0 radical (unpaired) electrons. The summed E-state index contributed by atoms with van der Waals surface area (Å²) in [6, 6.07) is 0. The van der Waals surface area contributed by atoms with Gasteiger partial charge in [-0.25, -0.2) is 4.98 Å². The second-order valence-electron chi connectivity index (χ2n) is 4.52. The lowest BCUT2D eigenvalue weighted by Crippen LogP contribution is -2.22. The summed E-state index contributed by atoms with van der Waals surface area (Å²) in [4.78, 5) is 18.7. The zero-order valence-electron chi connectivity index (χ0n) is 10.6. The Bertz CT molecular complexity index is 625. The first kappa shape index (κ1) is 12.3. The van der Waals surface area contributed by atoms with Gasteiger partial charge in [-0.05, 0) is 12.5 Å². The van der Waals surface area contributed by atoms with Gasteiger partial charge in [0.25, 0.3) is 5.56 Å². The van der Waals surface area contributed by atoms with Crippen molar-refractivity contribution in [3.05, 3.63) is 26.6 Å². The quantitative estimate of drug-likeness (QED) is 0.886. The molecule has 0 amide bonds. The third-order valence-electron chi connectivity index (χ3n) is 3.01. The molecule has 5 heteroatoms. The maximum Gasteiger partial charge on any atom is 0.262 e.